The van der Waals surface area contributed by atoms with Gasteiger partial charge in [-0.1, -0.05) is 0 Å². The Morgan fingerprint density at radius 1 is 1.38 bits per heavy atom. The van der Waals surface area contributed by atoms with Gasteiger partial charge in [-0.3, -0.25) is 4.79 Å². The Labute approximate surface area is 109 Å². The van der Waals surface area contributed by atoms with Gasteiger partial charge in [0, 0.05) is 21.2 Å². The molecule has 0 unspecified atom stereocenters. The maximum Gasteiger partial charge on any atom is 0.251 e. The van der Waals surface area contributed by atoms with Crippen molar-refractivity contribution >= 4 is 28.5 Å². The van der Waals surface area contributed by atoms with Gasteiger partial charge in [0.05, 0.1) is 0 Å². The van der Waals surface area contributed by atoms with Crippen molar-refractivity contribution in [1.82, 2.24) is 5.32 Å². The summed E-state index contributed by atoms with van der Waals surface area (Å²) in [6, 6.07) is 7.52. The number of carbonyl (C=O) groups is 1. The minimum atomic E-state index is -0.154. The lowest BCUT2D eigenvalue weighted by Crippen LogP contribution is -2.54. The first-order valence-electron chi connectivity index (χ1n) is 5.42. The SMILES string of the molecule is NC1(CNC(=O)c2ccc(I)cc2)CCC1. The fourth-order valence-corrected chi connectivity index (χ4v) is 2.13. The summed E-state index contributed by atoms with van der Waals surface area (Å²) in [6.45, 7) is 0.581. The predicted molar refractivity (Wildman–Crippen MR) is 72.3 cm³/mol. The van der Waals surface area contributed by atoms with Crippen LogP contribution in [0.4, 0.5) is 0 Å². The van der Waals surface area contributed by atoms with Gasteiger partial charge < -0.3 is 11.1 Å². The Morgan fingerprint density at radius 2 is 2.00 bits per heavy atom. The van der Waals surface area contributed by atoms with Crippen molar-refractivity contribution in [2.24, 2.45) is 5.73 Å². The van der Waals surface area contributed by atoms with Gasteiger partial charge >= 0.3 is 0 Å². The maximum atomic E-state index is 11.8. The molecule has 0 heterocycles. The van der Waals surface area contributed by atoms with Crippen molar-refractivity contribution in [1.29, 1.82) is 0 Å². The van der Waals surface area contributed by atoms with Gasteiger partial charge in [0.15, 0.2) is 0 Å². The second-order valence-electron chi connectivity index (χ2n) is 4.41. The Morgan fingerprint density at radius 3 is 2.50 bits per heavy atom. The molecular weight excluding hydrogens is 315 g/mol. The summed E-state index contributed by atoms with van der Waals surface area (Å²) in [5.41, 5.74) is 6.58. The molecule has 0 atom stereocenters. The van der Waals surface area contributed by atoms with Gasteiger partial charge in [-0.2, -0.15) is 0 Å². The topological polar surface area (TPSA) is 55.1 Å². The van der Waals surface area contributed by atoms with Crippen molar-refractivity contribution < 1.29 is 4.79 Å². The quantitative estimate of drug-likeness (QED) is 0.832. The smallest absolute Gasteiger partial charge is 0.251 e. The van der Waals surface area contributed by atoms with E-state index < -0.39 is 0 Å². The molecule has 0 aliphatic heterocycles. The number of amides is 1. The summed E-state index contributed by atoms with van der Waals surface area (Å²) >= 11 is 2.22. The van der Waals surface area contributed by atoms with Crippen LogP contribution in [0.2, 0.25) is 0 Å². The maximum absolute atomic E-state index is 11.8. The molecular formula is C12H15IN2O. The second-order valence-corrected chi connectivity index (χ2v) is 5.65. The van der Waals surface area contributed by atoms with E-state index in [0.717, 1.165) is 16.4 Å². The van der Waals surface area contributed by atoms with Crippen LogP contribution in [-0.4, -0.2) is 18.0 Å². The lowest BCUT2D eigenvalue weighted by atomic mass is 9.78. The van der Waals surface area contributed by atoms with Crippen LogP contribution in [0.1, 0.15) is 29.6 Å². The largest absolute Gasteiger partial charge is 0.350 e. The first-order chi connectivity index (χ1) is 7.59. The number of hydrogen-bond donors (Lipinski definition) is 2. The van der Waals surface area contributed by atoms with Gasteiger partial charge in [0.25, 0.3) is 5.91 Å². The average Bonchev–Trinajstić information content (AvgIpc) is 2.24. The minimum absolute atomic E-state index is 0.0341. The van der Waals surface area contributed by atoms with E-state index in [4.69, 9.17) is 5.73 Å². The molecule has 86 valence electrons. The highest BCUT2D eigenvalue weighted by molar-refractivity contribution is 14.1. The lowest BCUT2D eigenvalue weighted by molar-refractivity contribution is 0.0930. The molecule has 1 amide bonds. The molecule has 16 heavy (non-hydrogen) atoms. The number of nitrogens with two attached hydrogens (primary N) is 1. The highest BCUT2D eigenvalue weighted by atomic mass is 127. The van der Waals surface area contributed by atoms with Crippen LogP contribution >= 0.6 is 22.6 Å². The molecule has 1 fully saturated rings. The summed E-state index contributed by atoms with van der Waals surface area (Å²) in [5, 5.41) is 2.89. The molecule has 0 radical (unpaired) electrons. The number of hydrogen-bond acceptors (Lipinski definition) is 2. The number of nitrogens with one attached hydrogen (secondary N) is 1. The van der Waals surface area contributed by atoms with E-state index in [-0.39, 0.29) is 11.4 Å². The van der Waals surface area contributed by atoms with Crippen LogP contribution in [0.3, 0.4) is 0 Å². The number of benzene rings is 1. The Hall–Kier alpha value is -0.620. The molecule has 0 saturated heterocycles. The van der Waals surface area contributed by atoms with E-state index in [9.17, 15) is 4.79 Å². The van der Waals surface area contributed by atoms with Crippen LogP contribution in [0.25, 0.3) is 0 Å². The fourth-order valence-electron chi connectivity index (χ4n) is 1.77. The molecule has 1 aromatic carbocycles. The first-order valence-corrected chi connectivity index (χ1v) is 6.50. The lowest BCUT2D eigenvalue weighted by Gasteiger charge is -2.38. The van der Waals surface area contributed by atoms with Crippen molar-refractivity contribution in [3.8, 4) is 0 Å². The van der Waals surface area contributed by atoms with Crippen LogP contribution in [0.15, 0.2) is 24.3 Å². The molecule has 1 aliphatic rings. The molecule has 3 N–H and O–H groups in total. The summed E-state index contributed by atoms with van der Waals surface area (Å²) in [6.07, 6.45) is 3.20. The van der Waals surface area contributed by atoms with Crippen LogP contribution in [0, 0.1) is 3.57 Å². The average molecular weight is 330 g/mol. The highest BCUT2D eigenvalue weighted by Crippen LogP contribution is 2.28. The van der Waals surface area contributed by atoms with Gasteiger partial charge in [0.1, 0.15) is 0 Å². The molecule has 1 aromatic rings. The summed E-state index contributed by atoms with van der Waals surface area (Å²) in [5.74, 6) is -0.0341. The predicted octanol–water partition coefficient (Wildman–Crippen LogP) is 1.90. The molecule has 4 heteroatoms. The molecule has 1 aliphatic carbocycles. The normalized spacial score (nSPS) is 17.6. The monoisotopic (exact) mass is 330 g/mol. The third kappa shape index (κ3) is 2.74. The summed E-state index contributed by atoms with van der Waals surface area (Å²) in [7, 11) is 0. The van der Waals surface area contributed by atoms with Crippen molar-refractivity contribution in [3.05, 3.63) is 33.4 Å². The highest BCUT2D eigenvalue weighted by Gasteiger charge is 2.32. The van der Waals surface area contributed by atoms with E-state index >= 15 is 0 Å². The summed E-state index contributed by atoms with van der Waals surface area (Å²) in [4.78, 5) is 11.8. The number of carbonyl (C=O) groups excluding carboxylic acids is 1. The van der Waals surface area contributed by atoms with Gasteiger partial charge in [-0.15, -0.1) is 0 Å². The first kappa shape index (κ1) is 11.9. The van der Waals surface area contributed by atoms with Crippen LogP contribution in [-0.2, 0) is 0 Å². The Bertz CT molecular complexity index is 385. The summed E-state index contributed by atoms with van der Waals surface area (Å²) < 4.78 is 1.13. The molecule has 1 saturated carbocycles. The van der Waals surface area contributed by atoms with E-state index in [0.29, 0.717) is 12.1 Å². The minimum Gasteiger partial charge on any atom is -0.350 e. The zero-order valence-electron chi connectivity index (χ0n) is 9.00. The van der Waals surface area contributed by atoms with Crippen LogP contribution in [0.5, 0.6) is 0 Å². The van der Waals surface area contributed by atoms with Crippen molar-refractivity contribution in [3.63, 3.8) is 0 Å². The van der Waals surface area contributed by atoms with E-state index in [1.54, 1.807) is 0 Å². The molecule has 3 nitrogen and oxygen atoms in total. The Balaban J connectivity index is 1.90. The Kier molecular flexibility index (Phi) is 3.49. The van der Waals surface area contributed by atoms with E-state index in [1.165, 1.54) is 6.42 Å². The van der Waals surface area contributed by atoms with Crippen LogP contribution < -0.4 is 11.1 Å². The third-order valence-electron chi connectivity index (χ3n) is 3.06. The zero-order valence-corrected chi connectivity index (χ0v) is 11.2. The van der Waals surface area contributed by atoms with E-state index in [2.05, 4.69) is 27.9 Å². The number of rotatable bonds is 3. The molecule has 0 spiro atoms. The van der Waals surface area contributed by atoms with Crippen molar-refractivity contribution in [2.75, 3.05) is 6.54 Å². The zero-order chi connectivity index (χ0) is 11.6. The fraction of sp³-hybridized carbons (Fsp3) is 0.417. The third-order valence-corrected chi connectivity index (χ3v) is 3.78. The van der Waals surface area contributed by atoms with E-state index in [1.807, 2.05) is 24.3 Å². The molecule has 2 rings (SSSR count). The molecule has 0 bridgehead atoms. The van der Waals surface area contributed by atoms with Gasteiger partial charge in [-0.05, 0) is 66.1 Å². The van der Waals surface area contributed by atoms with Crippen molar-refractivity contribution in [2.45, 2.75) is 24.8 Å². The molecule has 0 aromatic heterocycles. The van der Waals surface area contributed by atoms with Gasteiger partial charge in [-0.25, -0.2) is 0 Å². The number of halogens is 1. The second kappa shape index (κ2) is 4.71. The standard InChI is InChI=1S/C12H15IN2O/c13-10-4-2-9(3-5-10)11(16)15-8-12(14)6-1-7-12/h2-5H,1,6-8,14H2,(H,15,16). The van der Waals surface area contributed by atoms with Gasteiger partial charge in [0.2, 0.25) is 0 Å².